The third-order valence-electron chi connectivity index (χ3n) is 2.13. The van der Waals surface area contributed by atoms with Gasteiger partial charge in [-0.3, -0.25) is 0 Å². The van der Waals surface area contributed by atoms with Gasteiger partial charge in [-0.1, -0.05) is 6.42 Å². The Balaban J connectivity index is 2.30. The van der Waals surface area contributed by atoms with Gasteiger partial charge >= 0.3 is 0 Å². The van der Waals surface area contributed by atoms with Gasteiger partial charge in [0.15, 0.2) is 0 Å². The van der Waals surface area contributed by atoms with Crippen LogP contribution in [0.25, 0.3) is 0 Å². The highest BCUT2D eigenvalue weighted by Gasteiger charge is 2.16. The molecule has 0 bridgehead atoms. The molecule has 0 aliphatic carbocycles. The van der Waals surface area contributed by atoms with Crippen LogP contribution in [0.3, 0.4) is 0 Å². The quantitative estimate of drug-likeness (QED) is 0.556. The van der Waals surface area contributed by atoms with Gasteiger partial charge < -0.3 is 10.0 Å². The Hall–Kier alpha value is -0.0800. The van der Waals surface area contributed by atoms with Crippen LogP contribution in [0, 0.1) is 0 Å². The summed E-state index contributed by atoms with van der Waals surface area (Å²) in [6, 6.07) is 0.443. The first-order valence-corrected chi connectivity index (χ1v) is 3.65. The zero-order chi connectivity index (χ0) is 6.69. The fraction of sp³-hybridized carbons (Fsp3) is 1.00. The van der Waals surface area contributed by atoms with E-state index in [0.29, 0.717) is 12.6 Å². The summed E-state index contributed by atoms with van der Waals surface area (Å²) in [6.45, 7) is 1.49. The summed E-state index contributed by atoms with van der Waals surface area (Å²) >= 11 is 0. The molecule has 0 unspecified atom stereocenters. The van der Waals surface area contributed by atoms with Gasteiger partial charge in [0.05, 0.1) is 6.61 Å². The molecule has 0 aromatic heterocycles. The van der Waals surface area contributed by atoms with Gasteiger partial charge in [0, 0.05) is 6.04 Å². The number of likely N-dealkylation sites (N-methyl/N-ethyl adjacent to an activating group) is 1. The molecule has 0 saturated carbocycles. The summed E-state index contributed by atoms with van der Waals surface area (Å²) < 4.78 is 0. The van der Waals surface area contributed by atoms with Crippen molar-refractivity contribution in [2.45, 2.75) is 25.3 Å². The van der Waals surface area contributed by atoms with Crippen molar-refractivity contribution in [1.29, 1.82) is 0 Å². The van der Waals surface area contributed by atoms with Crippen LogP contribution in [0.5, 0.6) is 0 Å². The largest absolute Gasteiger partial charge is 0.395 e. The van der Waals surface area contributed by atoms with Gasteiger partial charge in [-0.2, -0.15) is 0 Å². The lowest BCUT2D eigenvalue weighted by atomic mass is 10.0. The van der Waals surface area contributed by atoms with E-state index in [4.69, 9.17) is 5.11 Å². The number of aliphatic hydroxyl groups excluding tert-OH is 1. The van der Waals surface area contributed by atoms with Gasteiger partial charge in [0.1, 0.15) is 0 Å². The SMILES string of the molecule is CN1CCCC[C@H]1CO. The second kappa shape index (κ2) is 3.18. The Morgan fingerprint density at radius 2 is 2.33 bits per heavy atom. The molecule has 54 valence electrons. The van der Waals surface area contributed by atoms with E-state index in [9.17, 15) is 0 Å². The molecule has 1 rings (SSSR count). The van der Waals surface area contributed by atoms with Crippen LogP contribution in [0.2, 0.25) is 0 Å². The van der Waals surface area contributed by atoms with Gasteiger partial charge in [0.25, 0.3) is 0 Å². The number of piperidine rings is 1. The Labute approximate surface area is 56.5 Å². The van der Waals surface area contributed by atoms with Gasteiger partial charge in [-0.25, -0.2) is 0 Å². The summed E-state index contributed by atoms with van der Waals surface area (Å²) in [7, 11) is 2.08. The second-order valence-electron chi connectivity index (χ2n) is 2.81. The first kappa shape index (κ1) is 7.03. The molecule has 0 aromatic carbocycles. The summed E-state index contributed by atoms with van der Waals surface area (Å²) in [5.74, 6) is 0. The predicted octanol–water partition coefficient (Wildman–Crippen LogP) is 0.463. The van der Waals surface area contributed by atoms with Crippen LogP contribution in [0.4, 0.5) is 0 Å². The van der Waals surface area contributed by atoms with E-state index in [2.05, 4.69) is 11.9 Å². The highest BCUT2D eigenvalue weighted by molar-refractivity contribution is 4.72. The van der Waals surface area contributed by atoms with E-state index >= 15 is 0 Å². The maximum absolute atomic E-state index is 8.82. The van der Waals surface area contributed by atoms with Crippen LogP contribution in [0.1, 0.15) is 19.3 Å². The lowest BCUT2D eigenvalue weighted by Crippen LogP contribution is -2.38. The van der Waals surface area contributed by atoms with Crippen LogP contribution in [0.15, 0.2) is 0 Å². The second-order valence-corrected chi connectivity index (χ2v) is 2.81. The number of hydrogen-bond acceptors (Lipinski definition) is 2. The Bertz CT molecular complexity index is 85.0. The van der Waals surface area contributed by atoms with Crippen molar-refractivity contribution in [2.75, 3.05) is 20.2 Å². The smallest absolute Gasteiger partial charge is 0.0586 e. The van der Waals surface area contributed by atoms with Crippen molar-refractivity contribution >= 4 is 0 Å². The van der Waals surface area contributed by atoms with Crippen molar-refractivity contribution in [3.8, 4) is 0 Å². The fourth-order valence-corrected chi connectivity index (χ4v) is 1.37. The summed E-state index contributed by atoms with van der Waals surface area (Å²) in [6.07, 6.45) is 3.76. The summed E-state index contributed by atoms with van der Waals surface area (Å²) in [4.78, 5) is 2.24. The molecule has 1 aliphatic rings. The normalized spacial score (nSPS) is 30.7. The lowest BCUT2D eigenvalue weighted by molar-refractivity contribution is 0.114. The van der Waals surface area contributed by atoms with Crippen molar-refractivity contribution in [3.05, 3.63) is 0 Å². The summed E-state index contributed by atoms with van der Waals surface area (Å²) in [5.41, 5.74) is 0. The number of rotatable bonds is 1. The standard InChI is InChI=1S/C7H15NO/c1-8-5-3-2-4-7(8)6-9/h7,9H,2-6H2,1H3/t7-/m0/s1. The maximum Gasteiger partial charge on any atom is 0.0586 e. The van der Waals surface area contributed by atoms with Crippen molar-refractivity contribution < 1.29 is 5.11 Å². The molecule has 0 aromatic rings. The molecule has 2 nitrogen and oxygen atoms in total. The first-order chi connectivity index (χ1) is 4.34. The number of hydrogen-bond donors (Lipinski definition) is 1. The van der Waals surface area contributed by atoms with Gasteiger partial charge in [-0.15, -0.1) is 0 Å². The predicted molar refractivity (Wildman–Crippen MR) is 37.4 cm³/mol. The average Bonchev–Trinajstić information content (AvgIpc) is 1.89. The van der Waals surface area contributed by atoms with Crippen molar-refractivity contribution in [2.24, 2.45) is 0 Å². The monoisotopic (exact) mass is 129 g/mol. The molecular formula is C7H15NO. The maximum atomic E-state index is 8.82. The molecule has 1 atom stereocenters. The van der Waals surface area contributed by atoms with Crippen LogP contribution >= 0.6 is 0 Å². The first-order valence-electron chi connectivity index (χ1n) is 3.65. The number of nitrogens with zero attached hydrogens (tertiary/aromatic N) is 1. The highest BCUT2D eigenvalue weighted by Crippen LogP contribution is 2.13. The Morgan fingerprint density at radius 1 is 1.56 bits per heavy atom. The van der Waals surface area contributed by atoms with E-state index in [1.165, 1.54) is 19.3 Å². The molecule has 1 heterocycles. The van der Waals surface area contributed by atoms with Gasteiger partial charge in [0.2, 0.25) is 0 Å². The van der Waals surface area contributed by atoms with E-state index in [0.717, 1.165) is 6.54 Å². The summed E-state index contributed by atoms with van der Waals surface area (Å²) in [5, 5.41) is 8.82. The molecule has 9 heavy (non-hydrogen) atoms. The number of likely N-dealkylation sites (tertiary alicyclic amines) is 1. The van der Waals surface area contributed by atoms with Crippen LogP contribution in [-0.2, 0) is 0 Å². The van der Waals surface area contributed by atoms with Crippen LogP contribution in [-0.4, -0.2) is 36.2 Å². The molecule has 0 amide bonds. The molecule has 0 radical (unpaired) electrons. The Morgan fingerprint density at radius 3 is 2.78 bits per heavy atom. The lowest BCUT2D eigenvalue weighted by Gasteiger charge is -2.30. The molecule has 1 N–H and O–H groups in total. The molecule has 1 aliphatic heterocycles. The minimum Gasteiger partial charge on any atom is -0.395 e. The number of aliphatic hydroxyl groups is 1. The van der Waals surface area contributed by atoms with E-state index < -0.39 is 0 Å². The zero-order valence-electron chi connectivity index (χ0n) is 6.01. The third-order valence-corrected chi connectivity index (χ3v) is 2.13. The molecule has 1 fully saturated rings. The third kappa shape index (κ3) is 1.66. The molecule has 0 spiro atoms. The van der Waals surface area contributed by atoms with E-state index in [1.54, 1.807) is 0 Å². The van der Waals surface area contributed by atoms with Crippen molar-refractivity contribution in [3.63, 3.8) is 0 Å². The zero-order valence-corrected chi connectivity index (χ0v) is 6.01. The van der Waals surface area contributed by atoms with E-state index in [-0.39, 0.29) is 0 Å². The minimum atomic E-state index is 0.330. The highest BCUT2D eigenvalue weighted by atomic mass is 16.3. The van der Waals surface area contributed by atoms with Gasteiger partial charge in [-0.05, 0) is 26.4 Å². The fourth-order valence-electron chi connectivity index (χ4n) is 1.37. The molecule has 1 saturated heterocycles. The van der Waals surface area contributed by atoms with Crippen LogP contribution < -0.4 is 0 Å². The van der Waals surface area contributed by atoms with E-state index in [1.807, 2.05) is 0 Å². The molecular weight excluding hydrogens is 114 g/mol. The van der Waals surface area contributed by atoms with Crippen molar-refractivity contribution in [1.82, 2.24) is 4.90 Å². The average molecular weight is 129 g/mol. The topological polar surface area (TPSA) is 23.5 Å². The minimum absolute atomic E-state index is 0.330. The Kier molecular flexibility index (Phi) is 2.49. The molecule has 2 heteroatoms.